The first kappa shape index (κ1) is 11.1. The van der Waals surface area contributed by atoms with E-state index in [1.54, 1.807) is 22.9 Å². The van der Waals surface area contributed by atoms with Gasteiger partial charge in [0.05, 0.1) is 7.11 Å². The van der Waals surface area contributed by atoms with Crippen LogP contribution >= 0.6 is 0 Å². The highest BCUT2D eigenvalue weighted by atomic mass is 32.2. The first-order valence-electron chi connectivity index (χ1n) is 4.41. The van der Waals surface area contributed by atoms with Crippen molar-refractivity contribution in [1.29, 1.82) is 0 Å². The van der Waals surface area contributed by atoms with Gasteiger partial charge in [-0.2, -0.15) is 13.0 Å². The minimum absolute atomic E-state index is 0.198. The minimum atomic E-state index is -3.59. The van der Waals surface area contributed by atoms with E-state index in [2.05, 4.69) is 4.18 Å². The molecule has 1 heterocycles. The van der Waals surface area contributed by atoms with Gasteiger partial charge in [0.1, 0.15) is 6.54 Å². The Kier molecular flexibility index (Phi) is 3.60. The Bertz CT molecular complexity index is 400. The molecule has 0 spiro atoms. The van der Waals surface area contributed by atoms with Crippen LogP contribution in [0.4, 0.5) is 0 Å². The fraction of sp³-hybridized carbons (Fsp3) is 0.444. The Hall–Kier alpha value is -0.940. The van der Waals surface area contributed by atoms with Gasteiger partial charge in [0, 0.05) is 18.6 Å². The maximum absolute atomic E-state index is 11.5. The van der Waals surface area contributed by atoms with Crippen molar-refractivity contribution < 1.29 is 17.2 Å². The fourth-order valence-corrected chi connectivity index (χ4v) is 2.05. The Morgan fingerprint density at radius 3 is 2.71 bits per heavy atom. The minimum Gasteiger partial charge on any atom is -0.265 e. The van der Waals surface area contributed by atoms with Crippen LogP contribution in [0.15, 0.2) is 29.4 Å². The highest BCUT2D eigenvalue weighted by molar-refractivity contribution is 7.86. The van der Waals surface area contributed by atoms with Crippen molar-refractivity contribution in [3.63, 3.8) is 0 Å². The van der Waals surface area contributed by atoms with E-state index >= 15 is 0 Å². The normalized spacial score (nSPS) is 11.6. The van der Waals surface area contributed by atoms with E-state index in [9.17, 15) is 8.42 Å². The molecule has 14 heavy (non-hydrogen) atoms. The molecule has 78 valence electrons. The topological polar surface area (TPSA) is 47.2 Å². The molecule has 0 bridgehead atoms. The molecule has 0 aromatic carbocycles. The molecule has 0 unspecified atom stereocenters. The van der Waals surface area contributed by atoms with E-state index in [1.807, 2.05) is 6.92 Å². The Morgan fingerprint density at radius 1 is 1.43 bits per heavy atom. The van der Waals surface area contributed by atoms with Gasteiger partial charge in [-0.1, -0.05) is 6.92 Å². The van der Waals surface area contributed by atoms with Crippen molar-refractivity contribution >= 4 is 10.1 Å². The van der Waals surface area contributed by atoms with Crippen LogP contribution in [0, 0.1) is 0 Å². The highest BCUT2D eigenvalue weighted by Gasteiger charge is 2.24. The number of hydrogen-bond donors (Lipinski definition) is 0. The van der Waals surface area contributed by atoms with E-state index in [-0.39, 0.29) is 5.03 Å². The van der Waals surface area contributed by atoms with Crippen LogP contribution in [-0.4, -0.2) is 15.5 Å². The monoisotopic (exact) mass is 216 g/mol. The molecule has 4 nitrogen and oxygen atoms in total. The van der Waals surface area contributed by atoms with Gasteiger partial charge in [-0.05, 0) is 6.07 Å². The third kappa shape index (κ3) is 2.30. The van der Waals surface area contributed by atoms with Crippen LogP contribution in [0.5, 0.6) is 0 Å². The van der Waals surface area contributed by atoms with Crippen molar-refractivity contribution in [2.45, 2.75) is 24.9 Å². The van der Waals surface area contributed by atoms with E-state index < -0.39 is 10.1 Å². The van der Waals surface area contributed by atoms with Crippen LogP contribution in [0.1, 0.15) is 13.3 Å². The summed E-state index contributed by atoms with van der Waals surface area (Å²) < 4.78 is 29.0. The summed E-state index contributed by atoms with van der Waals surface area (Å²) in [7, 11) is -2.42. The molecule has 0 saturated heterocycles. The van der Waals surface area contributed by atoms with E-state index in [1.165, 1.54) is 13.2 Å². The zero-order chi connectivity index (χ0) is 10.6. The number of pyridine rings is 1. The van der Waals surface area contributed by atoms with Crippen molar-refractivity contribution in [2.75, 3.05) is 7.11 Å². The molecule has 1 aromatic heterocycles. The molecular weight excluding hydrogens is 202 g/mol. The lowest BCUT2D eigenvalue weighted by molar-refractivity contribution is -0.734. The predicted molar refractivity (Wildman–Crippen MR) is 51.1 cm³/mol. The summed E-state index contributed by atoms with van der Waals surface area (Å²) in [5, 5.41) is 0.198. The van der Waals surface area contributed by atoms with E-state index in [4.69, 9.17) is 0 Å². The number of aryl methyl sites for hydroxylation is 1. The van der Waals surface area contributed by atoms with Gasteiger partial charge < -0.3 is 0 Å². The summed E-state index contributed by atoms with van der Waals surface area (Å²) in [4.78, 5) is 0. The maximum atomic E-state index is 11.5. The van der Waals surface area contributed by atoms with Crippen LogP contribution < -0.4 is 4.57 Å². The number of nitrogens with zero attached hydrogens (tertiary/aromatic N) is 1. The van der Waals surface area contributed by atoms with Gasteiger partial charge in [-0.3, -0.25) is 4.18 Å². The first-order valence-corrected chi connectivity index (χ1v) is 5.81. The molecule has 0 atom stereocenters. The van der Waals surface area contributed by atoms with Gasteiger partial charge in [-0.15, -0.1) is 0 Å². The summed E-state index contributed by atoms with van der Waals surface area (Å²) in [5.41, 5.74) is 0. The average molecular weight is 216 g/mol. The quantitative estimate of drug-likeness (QED) is 0.550. The second kappa shape index (κ2) is 4.52. The third-order valence-electron chi connectivity index (χ3n) is 1.84. The van der Waals surface area contributed by atoms with Crippen LogP contribution in [0.25, 0.3) is 0 Å². The summed E-state index contributed by atoms with van der Waals surface area (Å²) in [5.74, 6) is 0. The maximum Gasteiger partial charge on any atom is 0.357 e. The molecule has 5 heteroatoms. The Labute approximate surface area is 84.3 Å². The second-order valence-corrected chi connectivity index (χ2v) is 4.51. The summed E-state index contributed by atoms with van der Waals surface area (Å²) in [6, 6.07) is 5.01. The van der Waals surface area contributed by atoms with Crippen molar-refractivity contribution in [3.8, 4) is 0 Å². The second-order valence-electron chi connectivity index (χ2n) is 2.85. The molecule has 1 aromatic rings. The molecule has 0 radical (unpaired) electrons. The standard InChI is InChI=1S/C9H14NO3S/c1-3-7-10-8-5-4-6-9(10)14(11,12)13-2/h4-6,8H,3,7H2,1-2H3/q+1. The van der Waals surface area contributed by atoms with E-state index in [0.717, 1.165) is 6.42 Å². The summed E-state index contributed by atoms with van der Waals surface area (Å²) >= 11 is 0. The Balaban J connectivity index is 3.20. The van der Waals surface area contributed by atoms with Gasteiger partial charge >= 0.3 is 15.1 Å². The number of rotatable bonds is 4. The largest absolute Gasteiger partial charge is 0.357 e. The van der Waals surface area contributed by atoms with Crippen molar-refractivity contribution in [1.82, 2.24) is 0 Å². The smallest absolute Gasteiger partial charge is 0.265 e. The van der Waals surface area contributed by atoms with Gasteiger partial charge in [0.25, 0.3) is 0 Å². The molecular formula is C9H14NO3S+. The van der Waals surface area contributed by atoms with Gasteiger partial charge in [0.15, 0.2) is 6.20 Å². The van der Waals surface area contributed by atoms with Crippen molar-refractivity contribution in [3.05, 3.63) is 24.4 Å². The zero-order valence-electron chi connectivity index (χ0n) is 8.30. The molecule has 0 fully saturated rings. The van der Waals surface area contributed by atoms with Crippen LogP contribution in [0.2, 0.25) is 0 Å². The van der Waals surface area contributed by atoms with Crippen molar-refractivity contribution in [2.24, 2.45) is 0 Å². The lowest BCUT2D eigenvalue weighted by atomic mass is 10.4. The SMILES string of the molecule is CCC[n+]1ccccc1S(=O)(=O)OC. The zero-order valence-corrected chi connectivity index (χ0v) is 9.12. The molecule has 0 aliphatic carbocycles. The van der Waals surface area contributed by atoms with Gasteiger partial charge in [-0.25, -0.2) is 0 Å². The highest BCUT2D eigenvalue weighted by Crippen LogP contribution is 2.05. The molecule has 0 saturated carbocycles. The third-order valence-corrected chi connectivity index (χ3v) is 3.16. The average Bonchev–Trinajstić information content (AvgIpc) is 2.19. The lowest BCUT2D eigenvalue weighted by Gasteiger charge is -2.01. The molecule has 1 rings (SSSR count). The number of hydrogen-bond acceptors (Lipinski definition) is 3. The molecule has 0 aliphatic rings. The summed E-state index contributed by atoms with van der Waals surface area (Å²) in [6.07, 6.45) is 2.61. The van der Waals surface area contributed by atoms with Gasteiger partial charge in [0.2, 0.25) is 0 Å². The lowest BCUT2D eigenvalue weighted by Crippen LogP contribution is -2.39. The molecule has 0 aliphatic heterocycles. The Morgan fingerprint density at radius 2 is 2.14 bits per heavy atom. The van der Waals surface area contributed by atoms with Crippen LogP contribution in [0.3, 0.4) is 0 Å². The van der Waals surface area contributed by atoms with E-state index in [0.29, 0.717) is 6.54 Å². The van der Waals surface area contributed by atoms with Crippen LogP contribution in [-0.2, 0) is 20.8 Å². The number of aromatic nitrogens is 1. The first-order chi connectivity index (χ1) is 6.61. The fourth-order valence-electron chi connectivity index (χ4n) is 1.20. The predicted octanol–water partition coefficient (Wildman–Crippen LogP) is 0.719. The molecule has 0 N–H and O–H groups in total. The molecule has 0 amide bonds. The summed E-state index contributed by atoms with van der Waals surface area (Å²) in [6.45, 7) is 2.65.